The van der Waals surface area contributed by atoms with E-state index >= 15 is 0 Å². The second-order valence-corrected chi connectivity index (χ2v) is 3.28. The van der Waals surface area contributed by atoms with Gasteiger partial charge in [-0.3, -0.25) is 4.68 Å². The Morgan fingerprint density at radius 3 is 2.73 bits per heavy atom. The Morgan fingerprint density at radius 1 is 1.40 bits per heavy atom. The zero-order valence-corrected chi connectivity index (χ0v) is 8.28. The topological polar surface area (TPSA) is 76.7 Å². The Labute approximate surface area is 86.6 Å². The van der Waals surface area contributed by atoms with Crippen molar-refractivity contribution in [2.45, 2.75) is 12.5 Å². The predicted octanol–water partition coefficient (Wildman–Crippen LogP) is -0.119. The van der Waals surface area contributed by atoms with E-state index in [1.807, 2.05) is 0 Å². The van der Waals surface area contributed by atoms with E-state index in [1.54, 1.807) is 30.3 Å². The van der Waals surface area contributed by atoms with Crippen molar-refractivity contribution in [3.8, 4) is 0 Å². The fourth-order valence-corrected chi connectivity index (χ4v) is 1.29. The molecule has 1 N–H and O–H groups in total. The summed E-state index contributed by atoms with van der Waals surface area (Å²) in [5.74, 6) is 0. The van der Waals surface area contributed by atoms with E-state index in [4.69, 9.17) is 0 Å². The normalized spacial score (nSPS) is 12.7. The van der Waals surface area contributed by atoms with Crippen LogP contribution < -0.4 is 0 Å². The standard InChI is InChI=1S/C9H11N5O/c1-14-5-8(12-13-14)2-9(15)7-3-10-6-11-4-7/h3-6,9,15H,2H2,1H3. The molecule has 0 aromatic carbocycles. The maximum absolute atomic E-state index is 9.83. The highest BCUT2D eigenvalue weighted by molar-refractivity contribution is 5.09. The molecule has 0 saturated heterocycles. The fraction of sp³-hybridized carbons (Fsp3) is 0.333. The van der Waals surface area contributed by atoms with Crippen molar-refractivity contribution in [3.63, 3.8) is 0 Å². The van der Waals surface area contributed by atoms with Gasteiger partial charge in [-0.25, -0.2) is 9.97 Å². The van der Waals surface area contributed by atoms with Gasteiger partial charge in [-0.05, 0) is 0 Å². The largest absolute Gasteiger partial charge is 0.388 e. The van der Waals surface area contributed by atoms with E-state index in [0.29, 0.717) is 12.0 Å². The van der Waals surface area contributed by atoms with Crippen molar-refractivity contribution in [3.05, 3.63) is 36.2 Å². The van der Waals surface area contributed by atoms with Gasteiger partial charge < -0.3 is 5.11 Å². The first kappa shape index (κ1) is 9.72. The van der Waals surface area contributed by atoms with Gasteiger partial charge in [-0.1, -0.05) is 5.21 Å². The Balaban J connectivity index is 2.07. The number of aliphatic hydroxyl groups excluding tert-OH is 1. The number of aryl methyl sites for hydroxylation is 1. The van der Waals surface area contributed by atoms with Crippen molar-refractivity contribution in [1.29, 1.82) is 0 Å². The molecule has 0 fully saturated rings. The first-order valence-electron chi connectivity index (χ1n) is 4.54. The Morgan fingerprint density at radius 2 is 2.13 bits per heavy atom. The van der Waals surface area contributed by atoms with Crippen LogP contribution in [0, 0.1) is 0 Å². The molecule has 0 amide bonds. The average molecular weight is 205 g/mol. The highest BCUT2D eigenvalue weighted by Gasteiger charge is 2.10. The van der Waals surface area contributed by atoms with Gasteiger partial charge in [0.25, 0.3) is 0 Å². The summed E-state index contributed by atoms with van der Waals surface area (Å²) in [6, 6.07) is 0. The molecule has 6 nitrogen and oxygen atoms in total. The van der Waals surface area contributed by atoms with E-state index in [2.05, 4.69) is 20.3 Å². The quantitative estimate of drug-likeness (QED) is 0.756. The Bertz CT molecular complexity index is 427. The molecule has 0 spiro atoms. The lowest BCUT2D eigenvalue weighted by atomic mass is 10.1. The van der Waals surface area contributed by atoms with Crippen molar-refractivity contribution in [1.82, 2.24) is 25.0 Å². The summed E-state index contributed by atoms with van der Waals surface area (Å²) in [4.78, 5) is 7.68. The molecule has 0 aliphatic heterocycles. The Hall–Kier alpha value is -1.82. The van der Waals surface area contributed by atoms with E-state index in [9.17, 15) is 5.11 Å². The molecular weight excluding hydrogens is 194 g/mol. The van der Waals surface area contributed by atoms with Crippen LogP contribution in [0.2, 0.25) is 0 Å². The molecule has 2 rings (SSSR count). The Kier molecular flexibility index (Phi) is 2.68. The molecule has 1 unspecified atom stereocenters. The molecule has 0 saturated carbocycles. The van der Waals surface area contributed by atoms with Crippen LogP contribution in [0.4, 0.5) is 0 Å². The van der Waals surface area contributed by atoms with Gasteiger partial charge in [0, 0.05) is 37.6 Å². The number of nitrogens with zero attached hydrogens (tertiary/aromatic N) is 5. The summed E-state index contributed by atoms with van der Waals surface area (Å²) in [6.07, 6.45) is 6.16. The van der Waals surface area contributed by atoms with Crippen LogP contribution in [0.15, 0.2) is 24.9 Å². The molecule has 1 atom stereocenters. The number of hydrogen-bond donors (Lipinski definition) is 1. The van der Waals surface area contributed by atoms with Gasteiger partial charge >= 0.3 is 0 Å². The van der Waals surface area contributed by atoms with Crippen molar-refractivity contribution in [2.24, 2.45) is 7.05 Å². The molecule has 2 aromatic heterocycles. The molecule has 0 radical (unpaired) electrons. The zero-order valence-electron chi connectivity index (χ0n) is 8.28. The number of hydrogen-bond acceptors (Lipinski definition) is 5. The summed E-state index contributed by atoms with van der Waals surface area (Å²) in [7, 11) is 1.79. The van der Waals surface area contributed by atoms with Crippen LogP contribution in [0.1, 0.15) is 17.4 Å². The first-order valence-corrected chi connectivity index (χ1v) is 4.54. The highest BCUT2D eigenvalue weighted by atomic mass is 16.3. The van der Waals surface area contributed by atoms with E-state index in [-0.39, 0.29) is 0 Å². The lowest BCUT2D eigenvalue weighted by Gasteiger charge is -2.06. The molecule has 0 bridgehead atoms. The second-order valence-electron chi connectivity index (χ2n) is 3.28. The third-order valence-corrected chi connectivity index (χ3v) is 2.02. The molecule has 6 heteroatoms. The average Bonchev–Trinajstić information content (AvgIpc) is 2.65. The van der Waals surface area contributed by atoms with Crippen LogP contribution >= 0.6 is 0 Å². The highest BCUT2D eigenvalue weighted by Crippen LogP contribution is 2.14. The molecular formula is C9H11N5O. The fourth-order valence-electron chi connectivity index (χ4n) is 1.29. The first-order chi connectivity index (χ1) is 7.25. The van der Waals surface area contributed by atoms with Crippen molar-refractivity contribution in [2.75, 3.05) is 0 Å². The van der Waals surface area contributed by atoms with Gasteiger partial charge in [0.15, 0.2) is 0 Å². The SMILES string of the molecule is Cn1cc(CC(O)c2cncnc2)nn1. The van der Waals surface area contributed by atoms with Crippen LogP contribution in [0.5, 0.6) is 0 Å². The van der Waals surface area contributed by atoms with E-state index < -0.39 is 6.10 Å². The lowest BCUT2D eigenvalue weighted by Crippen LogP contribution is -2.03. The van der Waals surface area contributed by atoms with E-state index in [1.165, 1.54) is 6.33 Å². The minimum absolute atomic E-state index is 0.418. The molecule has 0 aliphatic carbocycles. The van der Waals surface area contributed by atoms with Gasteiger partial charge in [-0.2, -0.15) is 0 Å². The smallest absolute Gasteiger partial charge is 0.115 e. The monoisotopic (exact) mass is 205 g/mol. The van der Waals surface area contributed by atoms with Crippen LogP contribution in [-0.4, -0.2) is 30.1 Å². The molecule has 78 valence electrons. The molecule has 0 aliphatic rings. The molecule has 15 heavy (non-hydrogen) atoms. The maximum Gasteiger partial charge on any atom is 0.115 e. The third kappa shape index (κ3) is 2.35. The summed E-state index contributed by atoms with van der Waals surface area (Å²) in [6.45, 7) is 0. The number of aliphatic hydroxyl groups is 1. The van der Waals surface area contributed by atoms with Gasteiger partial charge in [0.05, 0.1) is 11.8 Å². The van der Waals surface area contributed by atoms with Crippen molar-refractivity contribution >= 4 is 0 Å². The van der Waals surface area contributed by atoms with Gasteiger partial charge in [0.1, 0.15) is 6.33 Å². The molecule has 2 aromatic rings. The minimum Gasteiger partial charge on any atom is -0.388 e. The number of aromatic nitrogens is 5. The van der Waals surface area contributed by atoms with Gasteiger partial charge in [0.2, 0.25) is 0 Å². The predicted molar refractivity (Wildman–Crippen MR) is 51.7 cm³/mol. The van der Waals surface area contributed by atoms with Gasteiger partial charge in [-0.15, -0.1) is 5.10 Å². The third-order valence-electron chi connectivity index (χ3n) is 2.02. The summed E-state index contributed by atoms with van der Waals surface area (Å²) in [5.41, 5.74) is 1.43. The minimum atomic E-state index is -0.636. The van der Waals surface area contributed by atoms with E-state index in [0.717, 1.165) is 5.69 Å². The summed E-state index contributed by atoms with van der Waals surface area (Å²) >= 11 is 0. The van der Waals surface area contributed by atoms with Crippen LogP contribution in [-0.2, 0) is 13.5 Å². The number of rotatable bonds is 3. The second kappa shape index (κ2) is 4.14. The molecule has 2 heterocycles. The van der Waals surface area contributed by atoms with Crippen molar-refractivity contribution < 1.29 is 5.11 Å². The maximum atomic E-state index is 9.83. The summed E-state index contributed by atoms with van der Waals surface area (Å²) < 4.78 is 1.60. The zero-order chi connectivity index (χ0) is 10.7. The van der Waals surface area contributed by atoms with Crippen LogP contribution in [0.3, 0.4) is 0 Å². The summed E-state index contributed by atoms with van der Waals surface area (Å²) in [5, 5.41) is 17.5. The van der Waals surface area contributed by atoms with Crippen LogP contribution in [0.25, 0.3) is 0 Å². The lowest BCUT2D eigenvalue weighted by molar-refractivity contribution is 0.176.